The Kier molecular flexibility index (Phi) is 6.23. The molecule has 1 heterocycles. The summed E-state index contributed by atoms with van der Waals surface area (Å²) in [4.78, 5) is 10.3. The van der Waals surface area contributed by atoms with E-state index in [0.29, 0.717) is 6.61 Å². The molecule has 3 rings (SSSR count). The highest BCUT2D eigenvalue weighted by Gasteiger charge is 2.26. The number of aromatic carboxylic acids is 1. The number of para-hydroxylation sites is 1. The molecule has 4 heteroatoms. The molecule has 0 unspecified atom stereocenters. The number of benzene rings is 2. The number of hydrogen-bond acceptors (Lipinski definition) is 3. The van der Waals surface area contributed by atoms with Gasteiger partial charge in [-0.3, -0.25) is 0 Å². The summed E-state index contributed by atoms with van der Waals surface area (Å²) >= 11 is 0. The van der Waals surface area contributed by atoms with Gasteiger partial charge in [-0.2, -0.15) is 0 Å². The highest BCUT2D eigenvalue weighted by atomic mass is 16.5. The second kappa shape index (κ2) is 8.09. The topological polar surface area (TPSA) is 66.8 Å². The third-order valence-corrected chi connectivity index (χ3v) is 4.67. The van der Waals surface area contributed by atoms with Crippen molar-refractivity contribution in [3.05, 3.63) is 64.7 Å². The van der Waals surface area contributed by atoms with E-state index in [9.17, 15) is 4.79 Å². The molecule has 0 saturated heterocycles. The van der Waals surface area contributed by atoms with Gasteiger partial charge >= 0.3 is 5.97 Å². The van der Waals surface area contributed by atoms with E-state index >= 15 is 0 Å². The zero-order valence-electron chi connectivity index (χ0n) is 17.5. The molecule has 1 aliphatic rings. The summed E-state index contributed by atoms with van der Waals surface area (Å²) in [6.45, 7) is 14.2. The lowest BCUT2D eigenvalue weighted by atomic mass is 9.79. The van der Waals surface area contributed by atoms with Gasteiger partial charge in [-0.25, -0.2) is 4.79 Å². The SMILES string of the molecule is CC(C)(C)C1=Cc2c(cccc2C(C)(C)C)OC1.O=C(O)c1ccccc1O. The Morgan fingerprint density at radius 1 is 0.929 bits per heavy atom. The first-order chi connectivity index (χ1) is 12.9. The average molecular weight is 383 g/mol. The van der Waals surface area contributed by atoms with E-state index in [2.05, 4.69) is 65.8 Å². The molecule has 0 bridgehead atoms. The third-order valence-electron chi connectivity index (χ3n) is 4.67. The van der Waals surface area contributed by atoms with Crippen LogP contribution in [-0.2, 0) is 5.41 Å². The monoisotopic (exact) mass is 382 g/mol. The summed E-state index contributed by atoms with van der Waals surface area (Å²) in [5.74, 6) is -0.288. The van der Waals surface area contributed by atoms with E-state index in [-0.39, 0.29) is 22.1 Å². The number of carboxylic acids is 1. The molecule has 28 heavy (non-hydrogen) atoms. The van der Waals surface area contributed by atoms with Crippen LogP contribution in [0, 0.1) is 5.41 Å². The minimum atomic E-state index is -1.11. The van der Waals surface area contributed by atoms with Crippen molar-refractivity contribution < 1.29 is 19.7 Å². The summed E-state index contributed by atoms with van der Waals surface area (Å²) in [7, 11) is 0. The summed E-state index contributed by atoms with van der Waals surface area (Å²) in [6, 6.07) is 12.2. The number of carboxylic acid groups (broad SMARTS) is 1. The summed E-state index contributed by atoms with van der Waals surface area (Å²) in [6.07, 6.45) is 2.33. The number of fused-ring (bicyclic) bond motifs is 1. The van der Waals surface area contributed by atoms with Crippen LogP contribution >= 0.6 is 0 Å². The zero-order chi connectivity index (χ0) is 21.1. The van der Waals surface area contributed by atoms with Crippen LogP contribution < -0.4 is 4.74 Å². The van der Waals surface area contributed by atoms with Gasteiger partial charge in [0.1, 0.15) is 23.7 Å². The summed E-state index contributed by atoms with van der Waals surface area (Å²) < 4.78 is 5.93. The van der Waals surface area contributed by atoms with E-state index in [1.807, 2.05) is 0 Å². The molecule has 0 fully saturated rings. The Morgan fingerprint density at radius 3 is 2.07 bits per heavy atom. The van der Waals surface area contributed by atoms with Gasteiger partial charge in [0.25, 0.3) is 0 Å². The molecule has 0 saturated carbocycles. The van der Waals surface area contributed by atoms with E-state index in [0.717, 1.165) is 5.75 Å². The molecule has 0 spiro atoms. The quantitative estimate of drug-likeness (QED) is 0.645. The van der Waals surface area contributed by atoms with Crippen molar-refractivity contribution in [3.8, 4) is 11.5 Å². The van der Waals surface area contributed by atoms with Crippen LogP contribution in [0.1, 0.15) is 63.0 Å². The van der Waals surface area contributed by atoms with Crippen molar-refractivity contribution in [1.82, 2.24) is 0 Å². The fourth-order valence-corrected chi connectivity index (χ4v) is 2.93. The van der Waals surface area contributed by atoms with E-state index in [1.54, 1.807) is 12.1 Å². The molecule has 2 aromatic carbocycles. The maximum absolute atomic E-state index is 10.3. The molecule has 0 aliphatic carbocycles. The fraction of sp³-hybridized carbons (Fsp3) is 0.375. The molecule has 0 radical (unpaired) electrons. The molecule has 2 N–H and O–H groups in total. The average Bonchev–Trinajstić information content (AvgIpc) is 2.60. The van der Waals surface area contributed by atoms with Crippen LogP contribution in [0.4, 0.5) is 0 Å². The molecule has 0 aromatic heterocycles. The molecule has 4 nitrogen and oxygen atoms in total. The van der Waals surface area contributed by atoms with Crippen LogP contribution in [-0.4, -0.2) is 22.8 Å². The Labute approximate surface area is 167 Å². The van der Waals surface area contributed by atoms with Gasteiger partial charge in [-0.15, -0.1) is 0 Å². The first-order valence-corrected chi connectivity index (χ1v) is 9.40. The first kappa shape index (κ1) is 21.5. The van der Waals surface area contributed by atoms with E-state index < -0.39 is 5.97 Å². The van der Waals surface area contributed by atoms with Crippen molar-refractivity contribution in [3.63, 3.8) is 0 Å². The lowest BCUT2D eigenvalue weighted by Crippen LogP contribution is -2.21. The lowest BCUT2D eigenvalue weighted by Gasteiger charge is -2.31. The maximum Gasteiger partial charge on any atom is 0.339 e. The predicted molar refractivity (Wildman–Crippen MR) is 113 cm³/mol. The normalized spacial score (nSPS) is 13.4. The molecule has 150 valence electrons. The predicted octanol–water partition coefficient (Wildman–Crippen LogP) is 5.90. The Morgan fingerprint density at radius 2 is 1.57 bits per heavy atom. The minimum Gasteiger partial charge on any atom is -0.507 e. The maximum atomic E-state index is 10.3. The van der Waals surface area contributed by atoms with Gasteiger partial charge in [0.2, 0.25) is 0 Å². The van der Waals surface area contributed by atoms with Crippen LogP contribution in [0.5, 0.6) is 11.5 Å². The summed E-state index contributed by atoms with van der Waals surface area (Å²) in [5.41, 5.74) is 4.24. The van der Waals surface area contributed by atoms with Crippen LogP contribution in [0.2, 0.25) is 0 Å². The molecular weight excluding hydrogens is 352 g/mol. The van der Waals surface area contributed by atoms with Gasteiger partial charge in [-0.05, 0) is 46.2 Å². The standard InChI is InChI=1S/C17H24O.C7H6O3/c1-16(2,3)12-10-13-14(17(4,5)6)8-7-9-15(13)18-11-12;8-6-4-2-1-3-5(6)7(9)10/h7-10H,11H2,1-6H3;1-4,8H,(H,9,10). The van der Waals surface area contributed by atoms with Crippen molar-refractivity contribution >= 4 is 12.0 Å². The van der Waals surface area contributed by atoms with Gasteiger partial charge < -0.3 is 14.9 Å². The van der Waals surface area contributed by atoms with Crippen LogP contribution in [0.15, 0.2) is 48.0 Å². The van der Waals surface area contributed by atoms with Gasteiger partial charge in [0.15, 0.2) is 0 Å². The van der Waals surface area contributed by atoms with Gasteiger partial charge in [0, 0.05) is 5.56 Å². The first-order valence-electron chi connectivity index (χ1n) is 9.40. The highest BCUT2D eigenvalue weighted by Crippen LogP contribution is 2.39. The number of ether oxygens (including phenoxy) is 1. The van der Waals surface area contributed by atoms with Crippen molar-refractivity contribution in [2.24, 2.45) is 5.41 Å². The number of rotatable bonds is 1. The number of aromatic hydroxyl groups is 1. The van der Waals surface area contributed by atoms with E-state index in [1.165, 1.54) is 28.8 Å². The minimum absolute atomic E-state index is 0.0671. The highest BCUT2D eigenvalue weighted by molar-refractivity contribution is 5.90. The fourth-order valence-electron chi connectivity index (χ4n) is 2.93. The third kappa shape index (κ3) is 5.16. The van der Waals surface area contributed by atoms with Gasteiger partial charge in [-0.1, -0.05) is 65.8 Å². The van der Waals surface area contributed by atoms with E-state index in [4.69, 9.17) is 14.9 Å². The molecule has 0 atom stereocenters. The Bertz CT molecular complexity index is 880. The largest absolute Gasteiger partial charge is 0.507 e. The number of phenols is 1. The lowest BCUT2D eigenvalue weighted by molar-refractivity contribution is 0.0693. The van der Waals surface area contributed by atoms with Crippen molar-refractivity contribution in [1.29, 1.82) is 0 Å². The number of hydrogen-bond donors (Lipinski definition) is 2. The molecule has 2 aromatic rings. The second-order valence-corrected chi connectivity index (χ2v) is 9.00. The molecule has 1 aliphatic heterocycles. The summed E-state index contributed by atoms with van der Waals surface area (Å²) in [5, 5.41) is 17.3. The van der Waals surface area contributed by atoms with Gasteiger partial charge in [0.05, 0.1) is 0 Å². The zero-order valence-corrected chi connectivity index (χ0v) is 17.5. The van der Waals surface area contributed by atoms with Crippen molar-refractivity contribution in [2.45, 2.75) is 47.0 Å². The van der Waals surface area contributed by atoms with Crippen molar-refractivity contribution in [2.75, 3.05) is 6.61 Å². The Balaban J connectivity index is 0.000000237. The van der Waals surface area contributed by atoms with Crippen LogP contribution in [0.3, 0.4) is 0 Å². The van der Waals surface area contributed by atoms with Crippen LogP contribution in [0.25, 0.3) is 6.08 Å². The smallest absolute Gasteiger partial charge is 0.339 e. The second-order valence-electron chi connectivity index (χ2n) is 9.00. The molecular formula is C24H30O4. The molecule has 0 amide bonds. The number of carbonyl (C=O) groups is 1. The Hall–Kier alpha value is -2.75.